The van der Waals surface area contributed by atoms with Gasteiger partial charge in [-0.25, -0.2) is 9.87 Å². The Bertz CT molecular complexity index is 1070. The molecule has 0 bridgehead atoms. The van der Waals surface area contributed by atoms with Crippen LogP contribution in [0.2, 0.25) is 0 Å². The minimum Gasteiger partial charge on any atom is -0.339 e. The number of hydrogen-bond acceptors (Lipinski definition) is 4. The fourth-order valence-electron chi connectivity index (χ4n) is 4.05. The van der Waals surface area contributed by atoms with Gasteiger partial charge in [-0.05, 0) is 55.7 Å². The predicted molar refractivity (Wildman–Crippen MR) is 109 cm³/mol. The molecule has 2 aromatic rings. The van der Waals surface area contributed by atoms with Crippen LogP contribution in [0.15, 0.2) is 71.4 Å². The Hall–Kier alpha value is -3.25. The van der Waals surface area contributed by atoms with Crippen LogP contribution in [-0.2, 0) is 0 Å². The molecule has 6 heteroatoms. The van der Waals surface area contributed by atoms with E-state index in [-0.39, 0.29) is 11.9 Å². The van der Waals surface area contributed by atoms with Gasteiger partial charge in [0.1, 0.15) is 5.82 Å². The van der Waals surface area contributed by atoms with Crippen LogP contribution in [0.4, 0.5) is 10.1 Å². The van der Waals surface area contributed by atoms with E-state index in [1.807, 2.05) is 6.07 Å². The third kappa shape index (κ3) is 3.15. The molecule has 0 spiro atoms. The van der Waals surface area contributed by atoms with Crippen molar-refractivity contribution in [1.82, 2.24) is 5.48 Å². The molecule has 0 aromatic heterocycles. The molecule has 0 saturated heterocycles. The maximum atomic E-state index is 14.3. The first kappa shape index (κ1) is 17.8. The first-order chi connectivity index (χ1) is 14.2. The molecule has 5 nitrogen and oxygen atoms in total. The van der Waals surface area contributed by atoms with E-state index in [4.69, 9.17) is 10.2 Å². The Morgan fingerprint density at radius 1 is 1.17 bits per heavy atom. The van der Waals surface area contributed by atoms with E-state index in [9.17, 15) is 9.18 Å². The van der Waals surface area contributed by atoms with Crippen LogP contribution in [0.25, 0.3) is 0 Å². The lowest BCUT2D eigenvalue weighted by molar-refractivity contribution is 0.0706. The largest absolute Gasteiger partial charge is 0.339 e. The maximum absolute atomic E-state index is 14.3. The Balaban J connectivity index is 1.68. The first-order valence-electron chi connectivity index (χ1n) is 9.74. The first-order valence-corrected chi connectivity index (χ1v) is 9.74. The van der Waals surface area contributed by atoms with Crippen molar-refractivity contribution in [2.75, 3.05) is 4.90 Å². The monoisotopic (exact) mass is 389 g/mol. The zero-order valence-corrected chi connectivity index (χ0v) is 15.7. The summed E-state index contributed by atoms with van der Waals surface area (Å²) in [6.07, 6.45) is 9.30. The number of benzene rings is 2. The highest BCUT2D eigenvalue weighted by atomic mass is 19.1. The summed E-state index contributed by atoms with van der Waals surface area (Å²) in [5, 5.41) is 8.84. The van der Waals surface area contributed by atoms with E-state index in [1.54, 1.807) is 35.8 Å². The van der Waals surface area contributed by atoms with Crippen molar-refractivity contribution in [1.29, 1.82) is 0 Å². The number of nitrogens with zero attached hydrogens (tertiary/aromatic N) is 2. The van der Waals surface area contributed by atoms with Gasteiger partial charge in [-0.15, -0.1) is 0 Å². The molecule has 29 heavy (non-hydrogen) atoms. The number of nitrogens with one attached hydrogen (secondary N) is 1. The lowest BCUT2D eigenvalue weighted by Gasteiger charge is -2.31. The number of halogens is 1. The highest BCUT2D eigenvalue weighted by Gasteiger charge is 2.38. The van der Waals surface area contributed by atoms with E-state index < -0.39 is 5.91 Å². The average molecular weight is 389 g/mol. The molecule has 1 aliphatic heterocycles. The Labute approximate surface area is 167 Å². The van der Waals surface area contributed by atoms with Gasteiger partial charge in [-0.3, -0.25) is 15.0 Å². The number of allylic oxidation sites excluding steroid dienone is 2. The smallest absolute Gasteiger partial charge is 0.274 e. The third-order valence-corrected chi connectivity index (χ3v) is 5.57. The standard InChI is InChI=1S/C23H20FN3O2/c24-16-9-12-20-18(13-16)22(14-5-7-15(8-6-14)23(28)26-29)25-19-3-1-2-4-21(19)27(20)17-10-11-17/h1-2,4-9,12-13,17,19,29H,3,10-11H2,(H,26,28). The van der Waals surface area contributed by atoms with Gasteiger partial charge >= 0.3 is 0 Å². The fraction of sp³-hybridized carbons (Fsp3) is 0.217. The van der Waals surface area contributed by atoms with Gasteiger partial charge < -0.3 is 4.90 Å². The van der Waals surface area contributed by atoms with Crippen molar-refractivity contribution in [3.8, 4) is 0 Å². The molecule has 2 aromatic carbocycles. The summed E-state index contributed by atoms with van der Waals surface area (Å²) in [5.74, 6) is -0.881. The molecule has 0 radical (unpaired) electrons. The second-order valence-electron chi connectivity index (χ2n) is 7.53. The van der Waals surface area contributed by atoms with Gasteiger partial charge in [-0.2, -0.15) is 0 Å². The predicted octanol–water partition coefficient (Wildman–Crippen LogP) is 3.98. The summed E-state index contributed by atoms with van der Waals surface area (Å²) >= 11 is 0. The Morgan fingerprint density at radius 3 is 2.69 bits per heavy atom. The van der Waals surface area contributed by atoms with Crippen LogP contribution in [0.5, 0.6) is 0 Å². The minimum atomic E-state index is -0.576. The second kappa shape index (κ2) is 6.97. The van der Waals surface area contributed by atoms with Gasteiger partial charge in [0.05, 0.1) is 17.4 Å². The molecule has 146 valence electrons. The summed E-state index contributed by atoms with van der Waals surface area (Å²) in [6, 6.07) is 12.1. The summed E-state index contributed by atoms with van der Waals surface area (Å²) in [5.41, 5.74) is 6.36. The van der Waals surface area contributed by atoms with Crippen LogP contribution in [-0.4, -0.2) is 28.9 Å². The molecular weight excluding hydrogens is 369 g/mol. The summed E-state index contributed by atoms with van der Waals surface area (Å²) in [4.78, 5) is 19.0. The van der Waals surface area contributed by atoms with Crippen LogP contribution in [0.1, 0.15) is 40.7 Å². The number of hydrogen-bond donors (Lipinski definition) is 2. The highest BCUT2D eigenvalue weighted by Crippen LogP contribution is 2.42. The molecule has 5 rings (SSSR count). The molecule has 1 heterocycles. The molecule has 1 saturated carbocycles. The molecule has 1 fully saturated rings. The normalized spacial score (nSPS) is 20.2. The molecule has 3 aliphatic rings. The van der Waals surface area contributed by atoms with Crippen molar-refractivity contribution in [2.24, 2.45) is 4.99 Å². The molecule has 1 unspecified atom stereocenters. The van der Waals surface area contributed by atoms with Crippen molar-refractivity contribution in [2.45, 2.75) is 31.3 Å². The Morgan fingerprint density at radius 2 is 1.97 bits per heavy atom. The van der Waals surface area contributed by atoms with Crippen LogP contribution in [0, 0.1) is 5.82 Å². The molecule has 1 atom stereocenters. The van der Waals surface area contributed by atoms with Gasteiger partial charge in [0, 0.05) is 28.4 Å². The highest BCUT2D eigenvalue weighted by molar-refractivity contribution is 6.17. The third-order valence-electron chi connectivity index (χ3n) is 5.57. The van der Waals surface area contributed by atoms with Crippen LogP contribution < -0.4 is 10.4 Å². The van der Waals surface area contributed by atoms with E-state index in [2.05, 4.69) is 23.1 Å². The van der Waals surface area contributed by atoms with Crippen molar-refractivity contribution >= 4 is 17.3 Å². The van der Waals surface area contributed by atoms with Crippen LogP contribution in [0.3, 0.4) is 0 Å². The van der Waals surface area contributed by atoms with Gasteiger partial charge in [-0.1, -0.05) is 24.3 Å². The summed E-state index contributed by atoms with van der Waals surface area (Å²) in [7, 11) is 0. The van der Waals surface area contributed by atoms with E-state index in [0.717, 1.165) is 41.8 Å². The van der Waals surface area contributed by atoms with E-state index in [0.29, 0.717) is 17.3 Å². The molecule has 1 amide bonds. The van der Waals surface area contributed by atoms with E-state index >= 15 is 0 Å². The number of carbonyl (C=O) groups excluding carboxylic acids is 1. The van der Waals surface area contributed by atoms with Crippen molar-refractivity contribution in [3.63, 3.8) is 0 Å². The van der Waals surface area contributed by atoms with Crippen molar-refractivity contribution in [3.05, 3.63) is 88.9 Å². The number of carbonyl (C=O) groups is 1. The molecule has 2 aliphatic carbocycles. The number of hydroxylamine groups is 1. The lowest BCUT2D eigenvalue weighted by Crippen LogP contribution is -2.31. The maximum Gasteiger partial charge on any atom is 0.274 e. The summed E-state index contributed by atoms with van der Waals surface area (Å²) < 4.78 is 14.3. The molecule has 2 N–H and O–H groups in total. The number of aliphatic imine (C=N–C) groups is 1. The van der Waals surface area contributed by atoms with Crippen LogP contribution >= 0.6 is 0 Å². The number of anilines is 1. The van der Waals surface area contributed by atoms with Crippen molar-refractivity contribution < 1.29 is 14.4 Å². The number of amides is 1. The minimum absolute atomic E-state index is 0.0357. The van der Waals surface area contributed by atoms with E-state index in [1.165, 1.54) is 6.07 Å². The second-order valence-corrected chi connectivity index (χ2v) is 7.53. The quantitative estimate of drug-likeness (QED) is 0.617. The molecular formula is C23H20FN3O2. The lowest BCUT2D eigenvalue weighted by atomic mass is 9.98. The zero-order chi connectivity index (χ0) is 20.0. The SMILES string of the molecule is O=C(NO)c1ccc(C2=NC3CC=CC=C3N(C3CC3)c3ccc(F)cc32)cc1. The fourth-order valence-corrected chi connectivity index (χ4v) is 4.05. The van der Waals surface area contributed by atoms with Gasteiger partial charge in [0.2, 0.25) is 0 Å². The average Bonchev–Trinajstić information content (AvgIpc) is 3.59. The number of fused-ring (bicyclic) bond motifs is 2. The van der Waals surface area contributed by atoms with Gasteiger partial charge in [0.25, 0.3) is 5.91 Å². The zero-order valence-electron chi connectivity index (χ0n) is 15.7. The summed E-state index contributed by atoms with van der Waals surface area (Å²) in [6.45, 7) is 0. The van der Waals surface area contributed by atoms with Gasteiger partial charge in [0.15, 0.2) is 0 Å². The number of rotatable bonds is 3. The Kier molecular flexibility index (Phi) is 4.28. The topological polar surface area (TPSA) is 64.9 Å².